The number of aromatic nitrogens is 3. The normalized spacial score (nSPS) is 10.8. The lowest BCUT2D eigenvalue weighted by Crippen LogP contribution is -2.24. The molecule has 2 aromatic heterocycles. The Labute approximate surface area is 190 Å². The van der Waals surface area contributed by atoms with E-state index in [0.29, 0.717) is 22.1 Å². The van der Waals surface area contributed by atoms with Crippen molar-refractivity contribution in [2.24, 2.45) is 0 Å². The van der Waals surface area contributed by atoms with Crippen LogP contribution in [0.5, 0.6) is 11.5 Å². The van der Waals surface area contributed by atoms with Gasteiger partial charge < -0.3 is 4.74 Å². The highest BCUT2D eigenvalue weighted by atomic mass is 32.1. The van der Waals surface area contributed by atoms with Crippen LogP contribution in [0, 0.1) is 5.82 Å². The number of nitrogens with zero attached hydrogens (tertiary/aromatic N) is 3. The molecule has 162 valence electrons. The third-order valence-corrected chi connectivity index (χ3v) is 5.60. The number of para-hydroxylation sites is 1. The molecule has 0 spiro atoms. The molecule has 0 aliphatic carbocycles. The maximum atomic E-state index is 13.2. The summed E-state index contributed by atoms with van der Waals surface area (Å²) >= 11 is 1.29. The van der Waals surface area contributed by atoms with E-state index in [0.717, 1.165) is 15.1 Å². The van der Waals surface area contributed by atoms with Crippen molar-refractivity contribution in [3.63, 3.8) is 0 Å². The highest BCUT2D eigenvalue weighted by molar-refractivity contribution is 7.22. The first-order chi connectivity index (χ1) is 16.0. The molecule has 33 heavy (non-hydrogen) atoms. The van der Waals surface area contributed by atoms with Crippen LogP contribution in [0.4, 0.5) is 9.52 Å². The van der Waals surface area contributed by atoms with Gasteiger partial charge in [-0.25, -0.2) is 9.37 Å². The van der Waals surface area contributed by atoms with Gasteiger partial charge in [0.25, 0.3) is 11.5 Å². The van der Waals surface area contributed by atoms with E-state index in [9.17, 15) is 14.0 Å². The lowest BCUT2D eigenvalue weighted by Gasteiger charge is -2.06. The second-order valence-electron chi connectivity index (χ2n) is 6.96. The number of rotatable bonds is 5. The molecule has 0 fully saturated rings. The first-order valence-electron chi connectivity index (χ1n) is 9.86. The Bertz CT molecular complexity index is 1510. The number of carbonyl (C=O) groups is 1. The summed E-state index contributed by atoms with van der Waals surface area (Å²) in [7, 11) is 0. The van der Waals surface area contributed by atoms with Gasteiger partial charge in [0.1, 0.15) is 23.0 Å². The summed E-state index contributed by atoms with van der Waals surface area (Å²) in [6, 6.07) is 22.7. The van der Waals surface area contributed by atoms with E-state index < -0.39 is 17.3 Å². The summed E-state index contributed by atoms with van der Waals surface area (Å²) < 4.78 is 20.9. The van der Waals surface area contributed by atoms with E-state index in [1.807, 2.05) is 42.5 Å². The number of benzene rings is 3. The Morgan fingerprint density at radius 2 is 1.73 bits per heavy atom. The number of halogens is 1. The van der Waals surface area contributed by atoms with Crippen LogP contribution in [0.1, 0.15) is 10.5 Å². The second-order valence-corrected chi connectivity index (χ2v) is 7.99. The van der Waals surface area contributed by atoms with E-state index in [1.54, 1.807) is 6.07 Å². The third kappa shape index (κ3) is 4.48. The number of thiazole rings is 1. The molecular formula is C24H15FN4O3S. The van der Waals surface area contributed by atoms with E-state index in [-0.39, 0.29) is 5.69 Å². The average Bonchev–Trinajstić information content (AvgIpc) is 3.22. The average molecular weight is 458 g/mol. The van der Waals surface area contributed by atoms with Crippen molar-refractivity contribution in [3.8, 4) is 17.2 Å². The summed E-state index contributed by atoms with van der Waals surface area (Å²) in [6.07, 6.45) is 0. The van der Waals surface area contributed by atoms with Crippen LogP contribution in [-0.2, 0) is 0 Å². The Balaban J connectivity index is 1.37. The molecule has 1 N–H and O–H groups in total. The van der Waals surface area contributed by atoms with Crippen molar-refractivity contribution >= 4 is 32.6 Å². The molecule has 0 aliphatic heterocycles. The molecule has 0 unspecified atom stereocenters. The van der Waals surface area contributed by atoms with Gasteiger partial charge in [0.15, 0.2) is 5.13 Å². The van der Waals surface area contributed by atoms with Crippen LogP contribution in [-0.4, -0.2) is 20.7 Å². The minimum absolute atomic E-state index is 0.0197. The van der Waals surface area contributed by atoms with E-state index >= 15 is 0 Å². The number of hydrogen-bond acceptors (Lipinski definition) is 6. The Morgan fingerprint density at radius 3 is 2.52 bits per heavy atom. The van der Waals surface area contributed by atoms with Gasteiger partial charge in [0, 0.05) is 12.1 Å². The maximum absolute atomic E-state index is 13.2. The molecule has 0 saturated carbocycles. The number of ether oxygens (including phenoxy) is 1. The zero-order chi connectivity index (χ0) is 22.8. The van der Waals surface area contributed by atoms with Crippen LogP contribution < -0.4 is 15.6 Å². The van der Waals surface area contributed by atoms with Gasteiger partial charge in [-0.1, -0.05) is 29.5 Å². The highest BCUT2D eigenvalue weighted by Crippen LogP contribution is 2.31. The van der Waals surface area contributed by atoms with Crippen LogP contribution >= 0.6 is 11.3 Å². The summed E-state index contributed by atoms with van der Waals surface area (Å²) in [5.74, 6) is 0.417. The lowest BCUT2D eigenvalue weighted by molar-refractivity contribution is 0.102. The van der Waals surface area contributed by atoms with Gasteiger partial charge in [0.05, 0.1) is 15.9 Å². The van der Waals surface area contributed by atoms with Gasteiger partial charge >= 0.3 is 0 Å². The molecule has 9 heteroatoms. The number of fused-ring (bicyclic) bond motifs is 1. The molecule has 0 atom stereocenters. The number of hydrogen-bond donors (Lipinski definition) is 1. The molecule has 2 heterocycles. The van der Waals surface area contributed by atoms with Crippen LogP contribution in [0.3, 0.4) is 0 Å². The van der Waals surface area contributed by atoms with Crippen molar-refractivity contribution < 1.29 is 13.9 Å². The Hall–Kier alpha value is -4.37. The zero-order valence-corrected chi connectivity index (χ0v) is 17.8. The zero-order valence-electron chi connectivity index (χ0n) is 16.9. The molecule has 0 saturated heterocycles. The molecule has 7 nitrogen and oxygen atoms in total. The minimum atomic E-state index is -0.523. The fourth-order valence-corrected chi connectivity index (χ4v) is 4.00. The SMILES string of the molecule is O=C(Nc1nc2ccc(Oc3ccccc3)cc2s1)c1ccc(=O)n(-c2ccc(F)cc2)n1. The fourth-order valence-electron chi connectivity index (χ4n) is 3.11. The lowest BCUT2D eigenvalue weighted by atomic mass is 10.3. The summed E-state index contributed by atoms with van der Waals surface area (Å²) in [5.41, 5.74) is 0.636. The summed E-state index contributed by atoms with van der Waals surface area (Å²) in [6.45, 7) is 0. The number of anilines is 1. The summed E-state index contributed by atoms with van der Waals surface area (Å²) in [4.78, 5) is 29.3. The molecule has 0 aliphatic rings. The fraction of sp³-hybridized carbons (Fsp3) is 0. The maximum Gasteiger partial charge on any atom is 0.277 e. The highest BCUT2D eigenvalue weighted by Gasteiger charge is 2.14. The monoisotopic (exact) mass is 458 g/mol. The van der Waals surface area contributed by atoms with Gasteiger partial charge in [-0.05, 0) is 54.6 Å². The first-order valence-corrected chi connectivity index (χ1v) is 10.7. The van der Waals surface area contributed by atoms with Crippen molar-refractivity contribution in [1.29, 1.82) is 0 Å². The molecule has 0 radical (unpaired) electrons. The summed E-state index contributed by atoms with van der Waals surface area (Å²) in [5, 5.41) is 7.21. The topological polar surface area (TPSA) is 86.1 Å². The molecule has 5 aromatic rings. The smallest absolute Gasteiger partial charge is 0.277 e. The molecule has 5 rings (SSSR count). The van der Waals surface area contributed by atoms with Crippen molar-refractivity contribution in [2.45, 2.75) is 0 Å². The third-order valence-electron chi connectivity index (χ3n) is 4.66. The molecular weight excluding hydrogens is 443 g/mol. The van der Waals surface area contributed by atoms with Crippen LogP contribution in [0.25, 0.3) is 15.9 Å². The largest absolute Gasteiger partial charge is 0.457 e. The Kier molecular flexibility index (Phi) is 5.37. The molecule has 1 amide bonds. The second kappa shape index (κ2) is 8.64. The Morgan fingerprint density at radius 1 is 0.939 bits per heavy atom. The van der Waals surface area contributed by atoms with E-state index in [1.165, 1.54) is 47.7 Å². The van der Waals surface area contributed by atoms with Gasteiger partial charge in [-0.2, -0.15) is 9.78 Å². The van der Waals surface area contributed by atoms with Crippen LogP contribution in [0.2, 0.25) is 0 Å². The number of amides is 1. The first kappa shape index (κ1) is 20.5. The van der Waals surface area contributed by atoms with Crippen molar-refractivity contribution in [2.75, 3.05) is 5.32 Å². The predicted molar refractivity (Wildman–Crippen MR) is 124 cm³/mol. The molecule has 3 aromatic carbocycles. The minimum Gasteiger partial charge on any atom is -0.457 e. The standard InChI is InChI=1S/C24H15FN4O3S/c25-15-6-8-16(9-7-15)29-22(30)13-12-20(28-29)23(31)27-24-26-19-11-10-18(14-21(19)33-24)32-17-4-2-1-3-5-17/h1-14H,(H,26,27,31). The van der Waals surface area contributed by atoms with Gasteiger partial charge in [-0.3, -0.25) is 14.9 Å². The predicted octanol–water partition coefficient (Wildman–Crippen LogP) is 5.03. The molecule has 0 bridgehead atoms. The van der Waals surface area contributed by atoms with E-state index in [4.69, 9.17) is 4.74 Å². The van der Waals surface area contributed by atoms with Gasteiger partial charge in [-0.15, -0.1) is 0 Å². The number of nitrogens with one attached hydrogen (secondary N) is 1. The van der Waals surface area contributed by atoms with Crippen LogP contribution in [0.15, 0.2) is 89.7 Å². The van der Waals surface area contributed by atoms with Gasteiger partial charge in [0.2, 0.25) is 0 Å². The van der Waals surface area contributed by atoms with Crippen molar-refractivity contribution in [3.05, 3.63) is 107 Å². The number of carbonyl (C=O) groups excluding carboxylic acids is 1. The van der Waals surface area contributed by atoms with E-state index in [2.05, 4.69) is 15.4 Å². The quantitative estimate of drug-likeness (QED) is 0.399. The van der Waals surface area contributed by atoms with Crippen molar-refractivity contribution in [1.82, 2.24) is 14.8 Å².